The molecule has 1 spiro atoms. The summed E-state index contributed by atoms with van der Waals surface area (Å²) in [5.74, 6) is -0.536. The van der Waals surface area contributed by atoms with Crippen LogP contribution in [0, 0.1) is 0 Å². The molecule has 2 heterocycles. The minimum Gasteiger partial charge on any atom is -0.494 e. The zero-order valence-corrected chi connectivity index (χ0v) is 20.5. The number of benzene rings is 2. The molecule has 5 heteroatoms. The highest BCUT2D eigenvalue weighted by atomic mass is 16.7. The molecule has 5 nitrogen and oxygen atoms in total. The van der Waals surface area contributed by atoms with Crippen LogP contribution in [0.2, 0.25) is 0 Å². The van der Waals surface area contributed by atoms with E-state index < -0.39 is 5.79 Å². The number of hydrogen-bond donors (Lipinski definition) is 0. The first-order valence-corrected chi connectivity index (χ1v) is 12.3. The Bertz CT molecular complexity index is 955. The zero-order valence-electron chi connectivity index (χ0n) is 20.5. The molecule has 2 aromatic rings. The Morgan fingerprint density at radius 1 is 1.03 bits per heavy atom. The number of amides is 1. The van der Waals surface area contributed by atoms with Gasteiger partial charge in [0, 0.05) is 12.1 Å². The van der Waals surface area contributed by atoms with Crippen LogP contribution >= 0.6 is 0 Å². The van der Waals surface area contributed by atoms with Gasteiger partial charge in [0.1, 0.15) is 5.75 Å². The summed E-state index contributed by atoms with van der Waals surface area (Å²) in [6.45, 7) is 11.0. The lowest BCUT2D eigenvalue weighted by molar-refractivity contribution is -0.256. The smallest absolute Gasteiger partial charge is 0.292 e. The summed E-state index contributed by atoms with van der Waals surface area (Å²) >= 11 is 0. The topological polar surface area (TPSA) is 48.0 Å². The average molecular weight is 452 g/mol. The highest BCUT2D eigenvalue weighted by Crippen LogP contribution is 2.45. The number of anilines is 1. The molecule has 1 amide bonds. The molecule has 0 aliphatic carbocycles. The van der Waals surface area contributed by atoms with Crippen molar-refractivity contribution >= 4 is 11.6 Å². The van der Waals surface area contributed by atoms with Crippen molar-refractivity contribution in [3.8, 4) is 5.75 Å². The van der Waals surface area contributed by atoms with Gasteiger partial charge in [-0.2, -0.15) is 0 Å². The molecule has 2 aliphatic heterocycles. The fourth-order valence-electron chi connectivity index (χ4n) is 4.52. The molecule has 2 aromatic carbocycles. The molecule has 1 fully saturated rings. The SMILES string of the molecule is CCCCc1ccc2c(c1)C1(OCCCO1)C(=O)N2CCCOc1ccc(C(C)(C)C)cc1. The maximum atomic E-state index is 13.5. The van der Waals surface area contributed by atoms with Crippen molar-refractivity contribution in [2.75, 3.05) is 31.3 Å². The first kappa shape index (κ1) is 23.8. The number of aryl methyl sites for hydroxylation is 1. The second-order valence-electron chi connectivity index (χ2n) is 10.1. The van der Waals surface area contributed by atoms with Gasteiger partial charge in [-0.05, 0) is 66.5 Å². The van der Waals surface area contributed by atoms with Gasteiger partial charge in [-0.25, -0.2) is 0 Å². The summed E-state index contributed by atoms with van der Waals surface area (Å²) in [5, 5.41) is 0. The Balaban J connectivity index is 1.43. The number of carbonyl (C=O) groups is 1. The van der Waals surface area contributed by atoms with Crippen LogP contribution < -0.4 is 9.64 Å². The van der Waals surface area contributed by atoms with E-state index in [9.17, 15) is 4.79 Å². The third-order valence-corrected chi connectivity index (χ3v) is 6.47. The fourth-order valence-corrected chi connectivity index (χ4v) is 4.52. The monoisotopic (exact) mass is 451 g/mol. The van der Waals surface area contributed by atoms with Crippen LogP contribution in [0.4, 0.5) is 5.69 Å². The van der Waals surface area contributed by atoms with Gasteiger partial charge in [-0.1, -0.05) is 52.3 Å². The van der Waals surface area contributed by atoms with E-state index in [2.05, 4.69) is 58.0 Å². The van der Waals surface area contributed by atoms with Crippen LogP contribution in [0.25, 0.3) is 0 Å². The van der Waals surface area contributed by atoms with E-state index in [-0.39, 0.29) is 11.3 Å². The van der Waals surface area contributed by atoms with Gasteiger partial charge in [0.25, 0.3) is 11.7 Å². The Kier molecular flexibility index (Phi) is 7.10. The van der Waals surface area contributed by atoms with E-state index in [1.165, 1.54) is 11.1 Å². The number of carbonyl (C=O) groups excluding carboxylic acids is 1. The number of rotatable bonds is 8. The molecule has 0 bridgehead atoms. The maximum Gasteiger partial charge on any atom is 0.292 e. The summed E-state index contributed by atoms with van der Waals surface area (Å²) in [4.78, 5) is 15.3. The molecule has 0 aromatic heterocycles. The van der Waals surface area contributed by atoms with Gasteiger partial charge in [0.2, 0.25) is 0 Å². The summed E-state index contributed by atoms with van der Waals surface area (Å²) in [6.07, 6.45) is 4.79. The molecular formula is C28H37NO4. The summed E-state index contributed by atoms with van der Waals surface area (Å²) in [5.41, 5.74) is 4.39. The van der Waals surface area contributed by atoms with Gasteiger partial charge in [0.15, 0.2) is 0 Å². The van der Waals surface area contributed by atoms with Crippen molar-refractivity contribution in [2.45, 2.75) is 71.0 Å². The lowest BCUT2D eigenvalue weighted by Gasteiger charge is -2.32. The maximum absolute atomic E-state index is 13.5. The predicted molar refractivity (Wildman–Crippen MR) is 131 cm³/mol. The number of nitrogens with zero attached hydrogens (tertiary/aromatic N) is 1. The molecule has 0 radical (unpaired) electrons. The van der Waals surface area contributed by atoms with Gasteiger partial charge in [-0.15, -0.1) is 0 Å². The number of ether oxygens (including phenoxy) is 3. The zero-order chi connectivity index (χ0) is 23.5. The molecule has 1 saturated heterocycles. The third-order valence-electron chi connectivity index (χ3n) is 6.47. The Labute approximate surface area is 198 Å². The van der Waals surface area contributed by atoms with Crippen LogP contribution in [-0.4, -0.2) is 32.3 Å². The molecule has 178 valence electrons. The van der Waals surface area contributed by atoms with Gasteiger partial charge in [0.05, 0.1) is 25.5 Å². The molecule has 4 rings (SSSR count). The molecule has 0 saturated carbocycles. The van der Waals surface area contributed by atoms with E-state index in [0.717, 1.165) is 49.1 Å². The van der Waals surface area contributed by atoms with Crippen molar-refractivity contribution in [2.24, 2.45) is 0 Å². The standard InChI is InChI=1S/C28H37NO4/c1-5-6-9-21-10-15-25-24(20-21)28(32-18-8-19-33-28)26(30)29(25)16-7-17-31-23-13-11-22(12-14-23)27(2,3)4/h10-15,20H,5-9,16-19H2,1-4H3. The quantitative estimate of drug-likeness (QED) is 0.481. The Morgan fingerprint density at radius 3 is 2.42 bits per heavy atom. The normalized spacial score (nSPS) is 17.5. The lowest BCUT2D eigenvalue weighted by atomic mass is 9.87. The molecule has 0 unspecified atom stereocenters. The van der Waals surface area contributed by atoms with E-state index >= 15 is 0 Å². The molecule has 0 N–H and O–H groups in total. The second kappa shape index (κ2) is 9.86. The second-order valence-corrected chi connectivity index (χ2v) is 10.1. The Hall–Kier alpha value is -2.37. The van der Waals surface area contributed by atoms with Crippen molar-refractivity contribution in [3.05, 3.63) is 59.2 Å². The van der Waals surface area contributed by atoms with Crippen LogP contribution in [-0.2, 0) is 31.9 Å². The largest absolute Gasteiger partial charge is 0.494 e. The van der Waals surface area contributed by atoms with E-state index in [4.69, 9.17) is 14.2 Å². The van der Waals surface area contributed by atoms with Crippen molar-refractivity contribution in [3.63, 3.8) is 0 Å². The van der Waals surface area contributed by atoms with Crippen LogP contribution in [0.1, 0.15) is 70.1 Å². The van der Waals surface area contributed by atoms with Crippen LogP contribution in [0.5, 0.6) is 5.75 Å². The third kappa shape index (κ3) is 4.95. The first-order chi connectivity index (χ1) is 15.8. The van der Waals surface area contributed by atoms with Crippen molar-refractivity contribution < 1.29 is 19.0 Å². The Morgan fingerprint density at radius 2 is 1.76 bits per heavy atom. The van der Waals surface area contributed by atoms with Crippen molar-refractivity contribution in [1.29, 1.82) is 0 Å². The van der Waals surface area contributed by atoms with E-state index in [0.29, 0.717) is 26.4 Å². The summed E-state index contributed by atoms with van der Waals surface area (Å²) in [7, 11) is 0. The first-order valence-electron chi connectivity index (χ1n) is 12.3. The number of fused-ring (bicyclic) bond motifs is 2. The van der Waals surface area contributed by atoms with E-state index in [1.807, 2.05) is 17.0 Å². The van der Waals surface area contributed by atoms with Crippen molar-refractivity contribution in [1.82, 2.24) is 0 Å². The highest BCUT2D eigenvalue weighted by Gasteiger charge is 2.54. The molecule has 33 heavy (non-hydrogen) atoms. The number of unbranched alkanes of at least 4 members (excludes halogenated alkanes) is 1. The summed E-state index contributed by atoms with van der Waals surface area (Å²) in [6, 6.07) is 14.6. The lowest BCUT2D eigenvalue weighted by Crippen LogP contribution is -2.47. The van der Waals surface area contributed by atoms with Gasteiger partial charge in [-0.3, -0.25) is 4.79 Å². The van der Waals surface area contributed by atoms with Crippen LogP contribution in [0.15, 0.2) is 42.5 Å². The van der Waals surface area contributed by atoms with E-state index in [1.54, 1.807) is 0 Å². The number of hydrogen-bond acceptors (Lipinski definition) is 4. The average Bonchev–Trinajstić information content (AvgIpc) is 3.03. The van der Waals surface area contributed by atoms with Crippen LogP contribution in [0.3, 0.4) is 0 Å². The fraction of sp³-hybridized carbons (Fsp3) is 0.536. The minimum atomic E-state index is -1.28. The molecule has 2 aliphatic rings. The van der Waals surface area contributed by atoms with Gasteiger partial charge < -0.3 is 19.1 Å². The molecule has 0 atom stereocenters. The minimum absolute atomic E-state index is 0.112. The molecular weight excluding hydrogens is 414 g/mol. The van der Waals surface area contributed by atoms with Gasteiger partial charge >= 0.3 is 0 Å². The summed E-state index contributed by atoms with van der Waals surface area (Å²) < 4.78 is 18.0. The highest BCUT2D eigenvalue weighted by molar-refractivity contribution is 6.06. The predicted octanol–water partition coefficient (Wildman–Crippen LogP) is 5.73.